The highest BCUT2D eigenvalue weighted by molar-refractivity contribution is 5.90. The number of esters is 1. The van der Waals surface area contributed by atoms with Gasteiger partial charge in [-0.25, -0.2) is 4.79 Å². The number of hydrogen-bond donors (Lipinski definition) is 0. The number of carbonyl (C=O) groups excluding carboxylic acids is 1. The lowest BCUT2D eigenvalue weighted by Gasteiger charge is -2.17. The molecule has 1 unspecified atom stereocenters. The van der Waals surface area contributed by atoms with Crippen LogP contribution in [0.3, 0.4) is 0 Å². The molecule has 0 saturated heterocycles. The van der Waals surface area contributed by atoms with Crippen LogP contribution in [-0.2, 0) is 4.74 Å². The Labute approximate surface area is 216 Å². The molecule has 1 atom stereocenters. The molecule has 0 amide bonds. The quantitative estimate of drug-likeness (QED) is 0.113. The average Bonchev–Trinajstić information content (AvgIpc) is 2.88. The van der Waals surface area contributed by atoms with Crippen molar-refractivity contribution in [2.24, 2.45) is 5.92 Å². The van der Waals surface area contributed by atoms with Gasteiger partial charge in [0, 0.05) is 6.07 Å². The smallest absolute Gasteiger partial charge is 0.338 e. The SMILES string of the molecule is CCCCCCCCCCCCCCCOc1cc(OCC(CC)CCCC)cc(C(=O)OC)c1. The van der Waals surface area contributed by atoms with Crippen molar-refractivity contribution in [1.82, 2.24) is 0 Å². The van der Waals surface area contributed by atoms with Crippen LogP contribution in [0.1, 0.15) is 140 Å². The van der Waals surface area contributed by atoms with E-state index in [1.165, 1.54) is 103 Å². The Balaban J connectivity index is 2.30. The van der Waals surface area contributed by atoms with Crippen LogP contribution in [0, 0.1) is 5.92 Å². The average molecular weight is 491 g/mol. The minimum absolute atomic E-state index is 0.362. The topological polar surface area (TPSA) is 44.8 Å². The summed E-state index contributed by atoms with van der Waals surface area (Å²) in [7, 11) is 1.40. The molecule has 4 nitrogen and oxygen atoms in total. The zero-order chi connectivity index (χ0) is 25.6. The lowest BCUT2D eigenvalue weighted by Crippen LogP contribution is -2.12. The van der Waals surface area contributed by atoms with Crippen molar-refractivity contribution in [1.29, 1.82) is 0 Å². The van der Waals surface area contributed by atoms with Crippen LogP contribution < -0.4 is 9.47 Å². The number of rotatable bonds is 23. The van der Waals surface area contributed by atoms with Gasteiger partial charge in [-0.3, -0.25) is 0 Å². The second kappa shape index (κ2) is 21.6. The Morgan fingerprint density at radius 3 is 1.71 bits per heavy atom. The zero-order valence-corrected chi connectivity index (χ0v) is 23.4. The van der Waals surface area contributed by atoms with E-state index in [1.54, 1.807) is 12.1 Å². The third-order valence-electron chi connectivity index (χ3n) is 6.85. The van der Waals surface area contributed by atoms with E-state index in [0.717, 1.165) is 12.8 Å². The summed E-state index contributed by atoms with van der Waals surface area (Å²) >= 11 is 0. The first-order chi connectivity index (χ1) is 17.1. The molecule has 0 spiro atoms. The molecule has 0 aliphatic rings. The van der Waals surface area contributed by atoms with E-state index in [0.29, 0.717) is 36.2 Å². The third kappa shape index (κ3) is 15.8. The lowest BCUT2D eigenvalue weighted by molar-refractivity contribution is 0.0599. The molecule has 1 aromatic carbocycles. The molecule has 1 aromatic rings. The van der Waals surface area contributed by atoms with Gasteiger partial charge in [-0.2, -0.15) is 0 Å². The van der Waals surface area contributed by atoms with Gasteiger partial charge in [0.2, 0.25) is 0 Å². The van der Waals surface area contributed by atoms with Crippen LogP contribution in [0.4, 0.5) is 0 Å². The fourth-order valence-electron chi connectivity index (χ4n) is 4.40. The summed E-state index contributed by atoms with van der Waals surface area (Å²) in [6.07, 6.45) is 22.0. The number of methoxy groups -OCH3 is 1. The Morgan fingerprint density at radius 2 is 1.20 bits per heavy atom. The van der Waals surface area contributed by atoms with Gasteiger partial charge in [0.15, 0.2) is 0 Å². The minimum atomic E-state index is -0.362. The molecule has 0 aromatic heterocycles. The molecule has 0 aliphatic heterocycles. The molecule has 0 N–H and O–H groups in total. The first kappa shape index (κ1) is 31.3. The zero-order valence-electron chi connectivity index (χ0n) is 23.4. The molecule has 0 fully saturated rings. The Morgan fingerprint density at radius 1 is 0.686 bits per heavy atom. The molecule has 35 heavy (non-hydrogen) atoms. The molecule has 4 heteroatoms. The van der Waals surface area contributed by atoms with Gasteiger partial charge in [-0.1, -0.05) is 117 Å². The Bertz CT molecular complexity index is 643. The van der Waals surface area contributed by atoms with Crippen molar-refractivity contribution in [3.63, 3.8) is 0 Å². The first-order valence-electron chi connectivity index (χ1n) is 14.6. The highest BCUT2D eigenvalue weighted by Gasteiger charge is 2.13. The molecule has 0 aliphatic carbocycles. The largest absolute Gasteiger partial charge is 0.493 e. The maximum Gasteiger partial charge on any atom is 0.338 e. The predicted molar refractivity (Wildman–Crippen MR) is 148 cm³/mol. The van der Waals surface area contributed by atoms with E-state index < -0.39 is 0 Å². The van der Waals surface area contributed by atoms with E-state index in [-0.39, 0.29) is 5.97 Å². The maximum absolute atomic E-state index is 12.1. The van der Waals surface area contributed by atoms with E-state index >= 15 is 0 Å². The van der Waals surface area contributed by atoms with Gasteiger partial charge in [0.05, 0.1) is 25.9 Å². The molecule has 0 radical (unpaired) electrons. The van der Waals surface area contributed by atoms with Gasteiger partial charge in [0.25, 0.3) is 0 Å². The van der Waals surface area contributed by atoms with Crippen molar-refractivity contribution in [2.45, 2.75) is 130 Å². The van der Waals surface area contributed by atoms with Crippen LogP contribution in [0.15, 0.2) is 18.2 Å². The number of ether oxygens (including phenoxy) is 3. The summed E-state index contributed by atoms with van der Waals surface area (Å²) in [4.78, 5) is 12.1. The molecule has 0 saturated carbocycles. The maximum atomic E-state index is 12.1. The lowest BCUT2D eigenvalue weighted by atomic mass is 10.0. The van der Waals surface area contributed by atoms with Gasteiger partial charge < -0.3 is 14.2 Å². The second-order valence-corrected chi connectivity index (χ2v) is 10.0. The molecule has 0 bridgehead atoms. The monoisotopic (exact) mass is 490 g/mol. The fourth-order valence-corrected chi connectivity index (χ4v) is 4.40. The van der Waals surface area contributed by atoms with Gasteiger partial charge in [-0.05, 0) is 30.9 Å². The summed E-state index contributed by atoms with van der Waals surface area (Å²) in [5.74, 6) is 1.54. The van der Waals surface area contributed by atoms with Crippen molar-refractivity contribution in [3.8, 4) is 11.5 Å². The number of carbonyl (C=O) groups is 1. The van der Waals surface area contributed by atoms with Crippen LogP contribution in [0.5, 0.6) is 11.5 Å². The van der Waals surface area contributed by atoms with E-state index in [2.05, 4.69) is 20.8 Å². The van der Waals surface area contributed by atoms with E-state index in [1.807, 2.05) is 6.07 Å². The number of unbranched alkanes of at least 4 members (excludes halogenated alkanes) is 13. The normalized spacial score (nSPS) is 11.9. The minimum Gasteiger partial charge on any atom is -0.493 e. The summed E-state index contributed by atoms with van der Waals surface area (Å²) in [6.45, 7) is 8.03. The molecule has 1 rings (SSSR count). The molecule has 202 valence electrons. The first-order valence-corrected chi connectivity index (χ1v) is 14.6. The van der Waals surface area contributed by atoms with Crippen LogP contribution >= 0.6 is 0 Å². The van der Waals surface area contributed by atoms with Crippen molar-refractivity contribution in [2.75, 3.05) is 20.3 Å². The van der Waals surface area contributed by atoms with Crippen molar-refractivity contribution < 1.29 is 19.0 Å². The Hall–Kier alpha value is -1.71. The molecular weight excluding hydrogens is 436 g/mol. The summed E-state index contributed by atoms with van der Waals surface area (Å²) in [6, 6.07) is 5.42. The Kier molecular flexibility index (Phi) is 19.3. The molecule has 0 heterocycles. The van der Waals surface area contributed by atoms with Crippen LogP contribution in [-0.4, -0.2) is 26.3 Å². The van der Waals surface area contributed by atoms with Crippen molar-refractivity contribution in [3.05, 3.63) is 23.8 Å². The number of benzene rings is 1. The van der Waals surface area contributed by atoms with Gasteiger partial charge in [0.1, 0.15) is 11.5 Å². The highest BCUT2D eigenvalue weighted by Crippen LogP contribution is 2.25. The van der Waals surface area contributed by atoms with Crippen LogP contribution in [0.25, 0.3) is 0 Å². The molecular formula is C31H54O4. The second-order valence-electron chi connectivity index (χ2n) is 10.0. The third-order valence-corrected chi connectivity index (χ3v) is 6.85. The van der Waals surface area contributed by atoms with Gasteiger partial charge >= 0.3 is 5.97 Å². The van der Waals surface area contributed by atoms with E-state index in [4.69, 9.17) is 14.2 Å². The summed E-state index contributed by atoms with van der Waals surface area (Å²) < 4.78 is 17.0. The predicted octanol–water partition coefficient (Wildman–Crippen LogP) is 9.54. The van der Waals surface area contributed by atoms with Gasteiger partial charge in [-0.15, -0.1) is 0 Å². The number of hydrogen-bond acceptors (Lipinski definition) is 4. The van der Waals surface area contributed by atoms with E-state index in [9.17, 15) is 4.79 Å². The summed E-state index contributed by atoms with van der Waals surface area (Å²) in [5.41, 5.74) is 0.479. The standard InChI is InChI=1S/C31H54O4/c1-5-8-10-11-12-13-14-15-16-17-18-19-20-22-34-29-23-28(31(32)33-4)24-30(25-29)35-26-27(7-3)21-9-6-2/h23-25,27H,5-22,26H2,1-4H3. The van der Waals surface area contributed by atoms with Crippen molar-refractivity contribution >= 4 is 5.97 Å². The van der Waals surface area contributed by atoms with Crippen LogP contribution in [0.2, 0.25) is 0 Å². The highest BCUT2D eigenvalue weighted by atomic mass is 16.5. The summed E-state index contributed by atoms with van der Waals surface area (Å²) in [5, 5.41) is 0. The fraction of sp³-hybridized carbons (Fsp3) is 0.774.